The lowest BCUT2D eigenvalue weighted by molar-refractivity contribution is -0.112. The van der Waals surface area contributed by atoms with Gasteiger partial charge in [0.15, 0.2) is 11.6 Å². The number of ketones is 2. The first kappa shape index (κ1) is 33.5. The fraction of sp³-hybridized carbons (Fsp3) is 0.312. The van der Waals surface area contributed by atoms with Gasteiger partial charge < -0.3 is 14.6 Å². The van der Waals surface area contributed by atoms with Crippen LogP contribution in [0.4, 0.5) is 13.8 Å². The smallest absolute Gasteiger partial charge is 0.341 e. The molecule has 0 unspecified atom stereocenters. The van der Waals surface area contributed by atoms with Gasteiger partial charge in [-0.3, -0.25) is 14.4 Å². The number of nitrogens with zero attached hydrogens (tertiary/aromatic N) is 1. The first-order chi connectivity index (χ1) is 20.1. The molecule has 1 aromatic carbocycles. The second-order valence-corrected chi connectivity index (χ2v) is 12.6. The lowest BCUT2D eigenvalue weighted by atomic mass is 10.0. The number of rotatable bonds is 7. The van der Waals surface area contributed by atoms with Crippen molar-refractivity contribution in [3.05, 3.63) is 95.1 Å². The molecule has 7 nitrogen and oxygen atoms in total. The minimum Gasteiger partial charge on any atom is -0.465 e. The molecule has 0 spiro atoms. The zero-order valence-electron chi connectivity index (χ0n) is 25.6. The summed E-state index contributed by atoms with van der Waals surface area (Å²) in [6, 6.07) is 3.71. The second kappa shape index (κ2) is 13.6. The molecule has 0 aliphatic carbocycles. The van der Waals surface area contributed by atoms with Crippen molar-refractivity contribution in [3.63, 3.8) is 0 Å². The van der Waals surface area contributed by atoms with Crippen molar-refractivity contribution >= 4 is 55.4 Å². The maximum Gasteiger partial charge on any atom is 0.341 e. The Morgan fingerprint density at radius 2 is 1.51 bits per heavy atom. The minimum absolute atomic E-state index is 0.0374. The van der Waals surface area contributed by atoms with E-state index in [1.165, 1.54) is 67.9 Å². The van der Waals surface area contributed by atoms with Crippen LogP contribution in [0.15, 0.2) is 34.8 Å². The number of allylic oxidation sites excluding steroid dienone is 2. The third-order valence-electron chi connectivity index (χ3n) is 7.07. The average molecular weight is 629 g/mol. The topological polar surface area (TPSA) is 94.5 Å². The Morgan fingerprint density at radius 3 is 2.05 bits per heavy atom. The van der Waals surface area contributed by atoms with Gasteiger partial charge in [0, 0.05) is 26.7 Å². The SMILES string of the molecule is CC(=O)c1c(C)n(Cc2c(F)cccc2F)c2sc(C)c(C)c2c1=O.COC(=O)c1c(N/C(C)=C/C(C)=O)sc(C)c1C. The Morgan fingerprint density at radius 1 is 0.930 bits per heavy atom. The van der Waals surface area contributed by atoms with Crippen LogP contribution in [-0.2, 0) is 16.1 Å². The van der Waals surface area contributed by atoms with Crippen LogP contribution in [0.3, 0.4) is 0 Å². The average Bonchev–Trinajstić information content (AvgIpc) is 3.36. The number of anilines is 1. The Labute approximate surface area is 256 Å². The third-order valence-corrected chi connectivity index (χ3v) is 9.42. The number of carbonyl (C=O) groups excluding carboxylic acids is 3. The summed E-state index contributed by atoms with van der Waals surface area (Å²) in [5.41, 5.74) is 3.05. The monoisotopic (exact) mass is 628 g/mol. The summed E-state index contributed by atoms with van der Waals surface area (Å²) in [5, 5.41) is 4.25. The number of hydrogen-bond donors (Lipinski definition) is 1. The van der Waals surface area contributed by atoms with Crippen LogP contribution >= 0.6 is 22.7 Å². The first-order valence-electron chi connectivity index (χ1n) is 13.3. The van der Waals surface area contributed by atoms with Gasteiger partial charge in [0.05, 0.1) is 30.2 Å². The van der Waals surface area contributed by atoms with Crippen LogP contribution in [0.1, 0.15) is 73.6 Å². The van der Waals surface area contributed by atoms with Crippen molar-refractivity contribution < 1.29 is 27.9 Å². The number of carbonyl (C=O) groups is 3. The van der Waals surface area contributed by atoms with Crippen molar-refractivity contribution in [1.29, 1.82) is 0 Å². The second-order valence-electron chi connectivity index (χ2n) is 10.1. The van der Waals surface area contributed by atoms with E-state index in [4.69, 9.17) is 4.74 Å². The van der Waals surface area contributed by atoms with E-state index in [1.54, 1.807) is 18.4 Å². The van der Waals surface area contributed by atoms with Gasteiger partial charge in [-0.05, 0) is 84.7 Å². The van der Waals surface area contributed by atoms with Gasteiger partial charge in [0.25, 0.3) is 0 Å². The Kier molecular flexibility index (Phi) is 10.6. The summed E-state index contributed by atoms with van der Waals surface area (Å²) in [5.74, 6) is -2.06. The lowest BCUT2D eigenvalue weighted by Crippen LogP contribution is -2.22. The molecule has 3 aromatic heterocycles. The highest BCUT2D eigenvalue weighted by atomic mass is 32.1. The number of benzene rings is 1. The number of pyridine rings is 1. The van der Waals surface area contributed by atoms with Crippen molar-refractivity contribution in [2.75, 3.05) is 12.4 Å². The molecule has 0 bridgehead atoms. The van der Waals surface area contributed by atoms with Crippen molar-refractivity contribution in [3.8, 4) is 0 Å². The first-order valence-corrected chi connectivity index (χ1v) is 14.9. The molecule has 4 aromatic rings. The molecular formula is C32H34F2N2O5S2. The predicted octanol–water partition coefficient (Wildman–Crippen LogP) is 7.57. The molecule has 0 saturated heterocycles. The summed E-state index contributed by atoms with van der Waals surface area (Å²) in [6.07, 6.45) is 1.49. The molecule has 228 valence electrons. The molecule has 0 aliphatic heterocycles. The molecule has 11 heteroatoms. The van der Waals surface area contributed by atoms with Gasteiger partial charge >= 0.3 is 5.97 Å². The fourth-order valence-corrected chi connectivity index (χ4v) is 6.99. The number of thiophene rings is 2. The van der Waals surface area contributed by atoms with Gasteiger partial charge in [0.2, 0.25) is 5.43 Å². The maximum atomic E-state index is 14.1. The summed E-state index contributed by atoms with van der Waals surface area (Å²) in [4.78, 5) is 50.2. The van der Waals surface area contributed by atoms with E-state index in [9.17, 15) is 28.0 Å². The number of methoxy groups -OCH3 is 1. The van der Waals surface area contributed by atoms with Crippen LogP contribution < -0.4 is 10.7 Å². The normalized spacial score (nSPS) is 11.3. The van der Waals surface area contributed by atoms with Gasteiger partial charge in [-0.15, -0.1) is 22.7 Å². The quantitative estimate of drug-likeness (QED) is 0.129. The Bertz CT molecular complexity index is 1830. The third kappa shape index (κ3) is 7.00. The largest absolute Gasteiger partial charge is 0.465 e. The molecular weight excluding hydrogens is 594 g/mol. The number of fused-ring (bicyclic) bond motifs is 1. The molecule has 0 aliphatic rings. The van der Waals surface area contributed by atoms with Gasteiger partial charge in [-0.25, -0.2) is 13.6 Å². The summed E-state index contributed by atoms with van der Waals surface area (Å²) >= 11 is 2.87. The number of Topliss-reactive ketones (excluding diaryl/α,β-unsaturated/α-hetero) is 1. The van der Waals surface area contributed by atoms with Crippen molar-refractivity contribution in [2.45, 2.75) is 61.9 Å². The van der Waals surface area contributed by atoms with Gasteiger partial charge in [-0.1, -0.05) is 6.07 Å². The van der Waals surface area contributed by atoms with E-state index >= 15 is 0 Å². The van der Waals surface area contributed by atoms with Crippen molar-refractivity contribution in [2.24, 2.45) is 0 Å². The molecule has 4 rings (SSSR count). The number of hydrogen-bond acceptors (Lipinski definition) is 8. The van der Waals surface area contributed by atoms with Gasteiger partial charge in [0.1, 0.15) is 21.5 Å². The molecule has 0 saturated carbocycles. The Hall–Kier alpha value is -3.96. The van der Waals surface area contributed by atoms with E-state index in [0.717, 1.165) is 20.9 Å². The summed E-state index contributed by atoms with van der Waals surface area (Å²) in [7, 11) is 1.36. The number of aromatic nitrogens is 1. The van der Waals surface area contributed by atoms with Crippen molar-refractivity contribution in [1.82, 2.24) is 4.57 Å². The summed E-state index contributed by atoms with van der Waals surface area (Å²) < 4.78 is 34.7. The number of aryl methyl sites for hydroxylation is 3. The molecule has 3 heterocycles. The van der Waals surface area contributed by atoms with E-state index < -0.39 is 11.6 Å². The van der Waals surface area contributed by atoms with Crippen LogP contribution in [-0.4, -0.2) is 29.2 Å². The molecule has 1 N–H and O–H groups in total. The lowest BCUT2D eigenvalue weighted by Gasteiger charge is -2.16. The van der Waals surface area contributed by atoms with E-state index in [-0.39, 0.29) is 40.6 Å². The van der Waals surface area contributed by atoms with Crippen LogP contribution in [0.2, 0.25) is 0 Å². The molecule has 43 heavy (non-hydrogen) atoms. The number of esters is 1. The molecule has 0 radical (unpaired) electrons. The number of halogens is 2. The number of ether oxygens (including phenoxy) is 1. The number of nitrogens with one attached hydrogen (secondary N) is 1. The molecule has 0 amide bonds. The highest BCUT2D eigenvalue weighted by Gasteiger charge is 2.23. The highest BCUT2D eigenvalue weighted by Crippen LogP contribution is 2.34. The minimum atomic E-state index is -0.652. The molecule has 0 fully saturated rings. The fourth-order valence-electron chi connectivity index (χ4n) is 4.67. The van der Waals surface area contributed by atoms with Crippen LogP contribution in [0.25, 0.3) is 10.2 Å². The van der Waals surface area contributed by atoms with E-state index in [1.807, 2.05) is 27.7 Å². The zero-order chi connectivity index (χ0) is 32.3. The van der Waals surface area contributed by atoms with Crippen LogP contribution in [0, 0.1) is 46.3 Å². The zero-order valence-corrected chi connectivity index (χ0v) is 27.2. The van der Waals surface area contributed by atoms with E-state index in [0.29, 0.717) is 32.2 Å². The van der Waals surface area contributed by atoms with E-state index in [2.05, 4.69) is 5.32 Å². The van der Waals surface area contributed by atoms with Crippen LogP contribution in [0.5, 0.6) is 0 Å². The maximum absolute atomic E-state index is 14.1. The molecule has 0 atom stereocenters. The van der Waals surface area contributed by atoms with Gasteiger partial charge in [-0.2, -0.15) is 0 Å². The standard InChI is InChI=1S/C19H17F2NO2S.C13H17NO3S/c1-9-12(4)25-19-16(9)18(24)17(11(3)23)10(2)22(19)8-13-14(20)6-5-7-15(13)21;1-7(6-8(2)15)14-12-11(13(16)17-5)9(3)10(4)18-12/h5-7H,8H2,1-4H3;6,14H,1-5H3/b;7-6+. The highest BCUT2D eigenvalue weighted by molar-refractivity contribution is 7.18. The Balaban J connectivity index is 0.000000250. The summed E-state index contributed by atoms with van der Waals surface area (Å²) in [6.45, 7) is 13.7. The predicted molar refractivity (Wildman–Crippen MR) is 169 cm³/mol.